The molecule has 0 saturated heterocycles. The molecule has 0 saturated carbocycles. The Bertz CT molecular complexity index is 542. The van der Waals surface area contributed by atoms with Crippen molar-refractivity contribution in [2.45, 2.75) is 13.1 Å². The molecule has 0 aliphatic carbocycles. The number of rotatable bonds is 5. The van der Waals surface area contributed by atoms with Gasteiger partial charge in [-0.1, -0.05) is 11.6 Å². The minimum absolute atomic E-state index is 0.0412. The first kappa shape index (κ1) is 12.5. The average molecular weight is 267 g/mol. The molecular formula is C11H11ClN4O2. The van der Waals surface area contributed by atoms with Gasteiger partial charge in [-0.15, -0.1) is 0 Å². The van der Waals surface area contributed by atoms with Crippen LogP contribution in [0.4, 0.5) is 5.69 Å². The highest BCUT2D eigenvalue weighted by Crippen LogP contribution is 2.21. The maximum absolute atomic E-state index is 10.7. The van der Waals surface area contributed by atoms with Crippen molar-refractivity contribution in [2.75, 3.05) is 0 Å². The molecule has 0 atom stereocenters. The van der Waals surface area contributed by atoms with Crippen LogP contribution < -0.4 is 5.32 Å². The average Bonchev–Trinajstić information content (AvgIpc) is 2.84. The van der Waals surface area contributed by atoms with E-state index in [0.717, 1.165) is 5.56 Å². The zero-order chi connectivity index (χ0) is 13.0. The van der Waals surface area contributed by atoms with Gasteiger partial charge < -0.3 is 5.32 Å². The molecule has 0 spiro atoms. The fourth-order valence-electron chi connectivity index (χ4n) is 1.53. The highest BCUT2D eigenvalue weighted by atomic mass is 35.5. The summed E-state index contributed by atoms with van der Waals surface area (Å²) in [5, 5.41) is 20.8. The van der Waals surface area contributed by atoms with Crippen LogP contribution >= 0.6 is 11.6 Å². The van der Waals surface area contributed by atoms with Crippen molar-refractivity contribution < 1.29 is 4.92 Å². The van der Waals surface area contributed by atoms with Gasteiger partial charge in [-0.25, -0.2) is 0 Å². The smallest absolute Gasteiger partial charge is 0.269 e. The first-order chi connectivity index (χ1) is 8.66. The van der Waals surface area contributed by atoms with Crippen LogP contribution in [0.3, 0.4) is 0 Å². The molecule has 1 aromatic heterocycles. The first-order valence-corrected chi connectivity index (χ1v) is 5.66. The highest BCUT2D eigenvalue weighted by molar-refractivity contribution is 6.31. The van der Waals surface area contributed by atoms with E-state index < -0.39 is 4.92 Å². The quantitative estimate of drug-likeness (QED) is 0.642. The van der Waals surface area contributed by atoms with Crippen LogP contribution in [-0.4, -0.2) is 15.1 Å². The van der Waals surface area contributed by atoms with E-state index in [2.05, 4.69) is 15.5 Å². The summed E-state index contributed by atoms with van der Waals surface area (Å²) in [7, 11) is 0. The van der Waals surface area contributed by atoms with E-state index in [4.69, 9.17) is 11.6 Å². The number of hydrogen-bond donors (Lipinski definition) is 2. The third-order valence-corrected chi connectivity index (χ3v) is 2.81. The molecule has 0 amide bonds. The van der Waals surface area contributed by atoms with Gasteiger partial charge in [0.05, 0.1) is 11.1 Å². The maximum Gasteiger partial charge on any atom is 0.269 e. The number of nitro groups is 1. The molecule has 0 fully saturated rings. The molecule has 18 heavy (non-hydrogen) atoms. The van der Waals surface area contributed by atoms with Gasteiger partial charge in [-0.2, -0.15) is 5.10 Å². The van der Waals surface area contributed by atoms with Crippen LogP contribution in [0, 0.1) is 10.1 Å². The summed E-state index contributed by atoms with van der Waals surface area (Å²) in [6.07, 6.45) is 3.49. The van der Waals surface area contributed by atoms with Gasteiger partial charge in [0.1, 0.15) is 0 Å². The van der Waals surface area contributed by atoms with Crippen molar-refractivity contribution >= 4 is 17.3 Å². The van der Waals surface area contributed by atoms with Gasteiger partial charge in [-0.3, -0.25) is 15.2 Å². The van der Waals surface area contributed by atoms with Crippen LogP contribution in [-0.2, 0) is 13.1 Å². The number of aromatic amines is 1. The topological polar surface area (TPSA) is 83.8 Å². The van der Waals surface area contributed by atoms with E-state index in [1.54, 1.807) is 12.4 Å². The maximum atomic E-state index is 10.7. The number of H-pyrrole nitrogens is 1. The molecule has 6 nitrogen and oxygen atoms in total. The van der Waals surface area contributed by atoms with Crippen molar-refractivity contribution in [3.63, 3.8) is 0 Å². The molecule has 1 heterocycles. The normalized spacial score (nSPS) is 10.5. The number of halogens is 1. The third-order valence-electron chi connectivity index (χ3n) is 2.44. The Labute approximate surface area is 108 Å². The Morgan fingerprint density at radius 2 is 2.28 bits per heavy atom. The lowest BCUT2D eigenvalue weighted by molar-refractivity contribution is -0.384. The summed E-state index contributed by atoms with van der Waals surface area (Å²) < 4.78 is 0. The fourth-order valence-corrected chi connectivity index (χ4v) is 1.71. The second kappa shape index (κ2) is 5.61. The zero-order valence-electron chi connectivity index (χ0n) is 9.39. The molecule has 0 aliphatic rings. The van der Waals surface area contributed by atoms with Gasteiger partial charge >= 0.3 is 0 Å². The van der Waals surface area contributed by atoms with Crippen molar-refractivity contribution in [3.05, 3.63) is 56.9 Å². The SMILES string of the molecule is O=[N+]([O-])c1ccc(Cl)c(CNCc2cn[nH]c2)c1. The van der Waals surface area contributed by atoms with Gasteiger partial charge in [0.2, 0.25) is 0 Å². The van der Waals surface area contributed by atoms with Crippen LogP contribution in [0.25, 0.3) is 0 Å². The van der Waals surface area contributed by atoms with E-state index in [9.17, 15) is 10.1 Å². The van der Waals surface area contributed by atoms with Crippen molar-refractivity contribution in [1.82, 2.24) is 15.5 Å². The number of benzene rings is 1. The number of non-ortho nitro benzene ring substituents is 1. The zero-order valence-corrected chi connectivity index (χ0v) is 10.1. The summed E-state index contributed by atoms with van der Waals surface area (Å²) in [5.41, 5.74) is 1.76. The lowest BCUT2D eigenvalue weighted by Crippen LogP contribution is -2.12. The summed E-state index contributed by atoms with van der Waals surface area (Å²) in [4.78, 5) is 10.2. The molecule has 7 heteroatoms. The number of aromatic nitrogens is 2. The van der Waals surface area contributed by atoms with E-state index in [1.807, 2.05) is 0 Å². The minimum Gasteiger partial charge on any atom is -0.308 e. The molecule has 1 aromatic carbocycles. The Morgan fingerprint density at radius 3 is 2.94 bits per heavy atom. The molecular weight excluding hydrogens is 256 g/mol. The van der Waals surface area contributed by atoms with Gasteiger partial charge in [0, 0.05) is 42.0 Å². The summed E-state index contributed by atoms with van der Waals surface area (Å²) in [6, 6.07) is 4.40. The molecule has 2 N–H and O–H groups in total. The standard InChI is InChI=1S/C11H11ClN4O2/c12-11-2-1-10(16(17)18)3-9(11)7-13-4-8-5-14-15-6-8/h1-3,5-6,13H,4,7H2,(H,14,15). The molecule has 2 rings (SSSR count). The number of nitrogens with one attached hydrogen (secondary N) is 2. The fraction of sp³-hybridized carbons (Fsp3) is 0.182. The molecule has 2 aromatic rings. The second-order valence-corrected chi connectivity index (χ2v) is 4.15. The Kier molecular flexibility index (Phi) is 3.91. The Hall–Kier alpha value is -1.92. The van der Waals surface area contributed by atoms with E-state index >= 15 is 0 Å². The summed E-state index contributed by atoms with van der Waals surface area (Å²) in [5.74, 6) is 0. The minimum atomic E-state index is -0.435. The first-order valence-electron chi connectivity index (χ1n) is 5.28. The van der Waals surface area contributed by atoms with E-state index in [1.165, 1.54) is 18.2 Å². The van der Waals surface area contributed by atoms with Gasteiger partial charge in [-0.05, 0) is 11.6 Å². The summed E-state index contributed by atoms with van der Waals surface area (Å²) in [6.45, 7) is 1.08. The van der Waals surface area contributed by atoms with E-state index in [-0.39, 0.29) is 5.69 Å². The van der Waals surface area contributed by atoms with Crippen LogP contribution in [0.2, 0.25) is 5.02 Å². The monoisotopic (exact) mass is 266 g/mol. The Morgan fingerprint density at radius 1 is 1.44 bits per heavy atom. The number of nitro benzene ring substituents is 1. The largest absolute Gasteiger partial charge is 0.308 e. The molecule has 94 valence electrons. The van der Waals surface area contributed by atoms with Crippen molar-refractivity contribution in [1.29, 1.82) is 0 Å². The number of hydrogen-bond acceptors (Lipinski definition) is 4. The van der Waals surface area contributed by atoms with Crippen molar-refractivity contribution in [3.8, 4) is 0 Å². The lowest BCUT2D eigenvalue weighted by atomic mass is 10.2. The molecule has 0 aliphatic heterocycles. The predicted molar refractivity (Wildman–Crippen MR) is 67.2 cm³/mol. The highest BCUT2D eigenvalue weighted by Gasteiger charge is 2.09. The molecule has 0 bridgehead atoms. The van der Waals surface area contributed by atoms with Crippen LogP contribution in [0.15, 0.2) is 30.6 Å². The van der Waals surface area contributed by atoms with Crippen LogP contribution in [0.5, 0.6) is 0 Å². The number of nitrogens with zero attached hydrogens (tertiary/aromatic N) is 2. The lowest BCUT2D eigenvalue weighted by Gasteiger charge is -2.05. The third kappa shape index (κ3) is 3.06. The Balaban J connectivity index is 2.00. The summed E-state index contributed by atoms with van der Waals surface area (Å²) >= 11 is 5.98. The van der Waals surface area contributed by atoms with Gasteiger partial charge in [0.15, 0.2) is 0 Å². The molecule has 0 unspecified atom stereocenters. The second-order valence-electron chi connectivity index (χ2n) is 3.74. The van der Waals surface area contributed by atoms with Crippen LogP contribution in [0.1, 0.15) is 11.1 Å². The van der Waals surface area contributed by atoms with E-state index in [0.29, 0.717) is 23.7 Å². The van der Waals surface area contributed by atoms with Crippen molar-refractivity contribution in [2.24, 2.45) is 0 Å². The molecule has 0 radical (unpaired) electrons. The van der Waals surface area contributed by atoms with Gasteiger partial charge in [0.25, 0.3) is 5.69 Å². The predicted octanol–water partition coefficient (Wildman–Crippen LogP) is 2.26.